The zero-order valence-corrected chi connectivity index (χ0v) is 13.7. The van der Waals surface area contributed by atoms with Gasteiger partial charge in [0.25, 0.3) is 0 Å². The van der Waals surface area contributed by atoms with Crippen LogP contribution >= 0.6 is 11.6 Å². The predicted molar refractivity (Wildman–Crippen MR) is 91.8 cm³/mol. The molecule has 2 aliphatic heterocycles. The Morgan fingerprint density at radius 1 is 1.17 bits per heavy atom. The molecule has 1 aromatic carbocycles. The van der Waals surface area contributed by atoms with Crippen LogP contribution in [0.25, 0.3) is 11.1 Å². The maximum absolute atomic E-state index is 11.9. The first-order valence-electron chi connectivity index (χ1n) is 8.11. The molecule has 4 rings (SSSR count). The summed E-state index contributed by atoms with van der Waals surface area (Å²) in [6.07, 6.45) is 4.20. The largest absolute Gasteiger partial charge is 0.351 e. The second-order valence-corrected chi connectivity index (χ2v) is 7.11. The van der Waals surface area contributed by atoms with Crippen molar-refractivity contribution in [2.75, 3.05) is 19.6 Å². The number of halogens is 1. The maximum atomic E-state index is 11.9. The Labute approximate surface area is 140 Å². The third-order valence-corrected chi connectivity index (χ3v) is 5.42. The zero-order valence-electron chi connectivity index (χ0n) is 12.9. The van der Waals surface area contributed by atoms with Crippen LogP contribution in [-0.2, 0) is 0 Å². The van der Waals surface area contributed by atoms with Crippen LogP contribution in [0.4, 0.5) is 4.79 Å². The van der Waals surface area contributed by atoms with Gasteiger partial charge in [0, 0.05) is 41.5 Å². The van der Waals surface area contributed by atoms with Crippen molar-refractivity contribution in [1.29, 1.82) is 0 Å². The first-order valence-corrected chi connectivity index (χ1v) is 8.49. The van der Waals surface area contributed by atoms with Gasteiger partial charge in [-0.05, 0) is 49.1 Å². The molecule has 120 valence electrons. The zero-order chi connectivity index (χ0) is 16.0. The minimum atomic E-state index is -0.409. The summed E-state index contributed by atoms with van der Waals surface area (Å²) >= 11 is 6.00. The van der Waals surface area contributed by atoms with Crippen molar-refractivity contribution in [3.63, 3.8) is 0 Å². The van der Waals surface area contributed by atoms with E-state index in [0.29, 0.717) is 10.9 Å². The Kier molecular flexibility index (Phi) is 3.66. The summed E-state index contributed by atoms with van der Waals surface area (Å²) in [5.41, 5.74) is 8.83. The minimum absolute atomic E-state index is 0.351. The van der Waals surface area contributed by atoms with Gasteiger partial charge in [-0.2, -0.15) is 0 Å². The predicted octanol–water partition coefficient (Wildman–Crippen LogP) is 3.54. The molecule has 2 aliphatic rings. The van der Waals surface area contributed by atoms with Gasteiger partial charge in [0.15, 0.2) is 0 Å². The van der Waals surface area contributed by atoms with Gasteiger partial charge in [0.2, 0.25) is 0 Å². The summed E-state index contributed by atoms with van der Waals surface area (Å²) in [5, 5.41) is 0.714. The Morgan fingerprint density at radius 2 is 1.96 bits per heavy atom. The lowest BCUT2D eigenvalue weighted by molar-refractivity contribution is 0.233. The Morgan fingerprint density at radius 3 is 2.65 bits per heavy atom. The van der Waals surface area contributed by atoms with E-state index < -0.39 is 6.03 Å². The van der Waals surface area contributed by atoms with Crippen molar-refractivity contribution in [3.05, 3.63) is 47.2 Å². The summed E-state index contributed by atoms with van der Waals surface area (Å²) in [5.74, 6) is 1.09. The van der Waals surface area contributed by atoms with Gasteiger partial charge in [-0.1, -0.05) is 23.7 Å². The molecule has 2 N–H and O–H groups in total. The van der Waals surface area contributed by atoms with E-state index in [2.05, 4.69) is 4.90 Å². The van der Waals surface area contributed by atoms with Gasteiger partial charge in [0.1, 0.15) is 0 Å². The molecular formula is C18H20ClN3O. The van der Waals surface area contributed by atoms with Crippen molar-refractivity contribution < 1.29 is 4.79 Å². The monoisotopic (exact) mass is 329 g/mol. The first kappa shape index (κ1) is 14.8. The van der Waals surface area contributed by atoms with Crippen LogP contribution in [0, 0.1) is 5.92 Å². The summed E-state index contributed by atoms with van der Waals surface area (Å²) in [6.45, 7) is 3.38. The third-order valence-electron chi connectivity index (χ3n) is 5.17. The molecule has 0 spiro atoms. The second kappa shape index (κ2) is 5.69. The third kappa shape index (κ3) is 2.66. The second-order valence-electron chi connectivity index (χ2n) is 6.68. The number of rotatable bonds is 2. The summed E-state index contributed by atoms with van der Waals surface area (Å²) in [6, 6.07) is 9.36. The number of nitrogens with two attached hydrogens (primary N) is 1. The standard InChI is InChI=1S/C18H20ClN3O/c19-15-3-1-13(2-4-15)16-6-8-22(18(20)23)17(16)14-9-12-5-7-21(10-12)11-14/h1-4,6,8,12,14H,5,7,9-11H2,(H2,20,23). The topological polar surface area (TPSA) is 51.3 Å². The van der Waals surface area contributed by atoms with Gasteiger partial charge >= 0.3 is 6.03 Å². The lowest BCUT2D eigenvalue weighted by atomic mass is 9.86. The van der Waals surface area contributed by atoms with Gasteiger partial charge in [-0.25, -0.2) is 4.79 Å². The van der Waals surface area contributed by atoms with Gasteiger partial charge < -0.3 is 10.6 Å². The van der Waals surface area contributed by atoms with Crippen LogP contribution in [0.15, 0.2) is 36.5 Å². The molecule has 4 nitrogen and oxygen atoms in total. The van der Waals surface area contributed by atoms with E-state index in [-0.39, 0.29) is 0 Å². The average molecular weight is 330 g/mol. The molecule has 1 amide bonds. The minimum Gasteiger partial charge on any atom is -0.351 e. The number of piperidine rings is 1. The van der Waals surface area contributed by atoms with E-state index in [9.17, 15) is 4.79 Å². The number of amides is 1. The highest BCUT2D eigenvalue weighted by atomic mass is 35.5. The molecule has 0 radical (unpaired) electrons. The molecule has 2 aromatic rings. The van der Waals surface area contributed by atoms with Crippen molar-refractivity contribution in [2.24, 2.45) is 11.7 Å². The molecular weight excluding hydrogens is 310 g/mol. The molecule has 2 bridgehead atoms. The molecule has 2 fully saturated rings. The highest BCUT2D eigenvalue weighted by molar-refractivity contribution is 6.30. The van der Waals surface area contributed by atoms with Crippen molar-refractivity contribution in [3.8, 4) is 11.1 Å². The number of hydrogen-bond donors (Lipinski definition) is 1. The molecule has 1 aromatic heterocycles. The van der Waals surface area contributed by atoms with Gasteiger partial charge in [-0.15, -0.1) is 0 Å². The van der Waals surface area contributed by atoms with Crippen LogP contribution in [0.5, 0.6) is 0 Å². The smallest absolute Gasteiger partial charge is 0.323 e. The fourth-order valence-electron chi connectivity index (χ4n) is 4.18. The molecule has 0 aliphatic carbocycles. The average Bonchev–Trinajstić information content (AvgIpc) is 3.12. The molecule has 23 heavy (non-hydrogen) atoms. The maximum Gasteiger partial charge on any atom is 0.323 e. The van der Waals surface area contributed by atoms with Crippen LogP contribution in [0.2, 0.25) is 5.02 Å². The quantitative estimate of drug-likeness (QED) is 0.916. The number of hydrogen-bond acceptors (Lipinski definition) is 2. The molecule has 3 atom stereocenters. The van der Waals surface area contributed by atoms with Gasteiger partial charge in [0.05, 0.1) is 0 Å². The number of carbonyl (C=O) groups excluding carboxylic acids is 1. The molecule has 2 saturated heterocycles. The van der Waals surface area contributed by atoms with Crippen LogP contribution in [-0.4, -0.2) is 35.1 Å². The number of primary amides is 1. The number of aromatic nitrogens is 1. The lowest BCUT2D eigenvalue weighted by Crippen LogP contribution is -2.34. The van der Waals surface area contributed by atoms with Crippen LogP contribution in [0.1, 0.15) is 24.5 Å². The Balaban J connectivity index is 1.78. The fourth-order valence-corrected chi connectivity index (χ4v) is 4.31. The molecule has 3 unspecified atom stereocenters. The fraction of sp³-hybridized carbons (Fsp3) is 0.389. The van der Waals surface area contributed by atoms with E-state index in [1.807, 2.05) is 30.3 Å². The lowest BCUT2D eigenvalue weighted by Gasteiger charge is -2.31. The summed E-state index contributed by atoms with van der Waals surface area (Å²) < 4.78 is 1.63. The normalized spacial score (nSPS) is 26.4. The number of nitrogens with zero attached hydrogens (tertiary/aromatic N) is 2. The Hall–Kier alpha value is -1.78. The van der Waals surface area contributed by atoms with Crippen molar-refractivity contribution in [1.82, 2.24) is 9.47 Å². The number of fused-ring (bicyclic) bond motifs is 2. The van der Waals surface area contributed by atoms with E-state index in [4.69, 9.17) is 17.3 Å². The molecule has 3 heterocycles. The Bertz CT molecular complexity index is 725. The first-order chi connectivity index (χ1) is 11.1. The summed E-state index contributed by atoms with van der Waals surface area (Å²) in [7, 11) is 0. The van der Waals surface area contributed by atoms with Gasteiger partial charge in [-0.3, -0.25) is 4.57 Å². The SMILES string of the molecule is NC(=O)n1ccc(-c2ccc(Cl)cc2)c1C1CC2CCN(C2)C1. The summed E-state index contributed by atoms with van der Waals surface area (Å²) in [4.78, 5) is 14.4. The number of carbonyl (C=O) groups is 1. The highest BCUT2D eigenvalue weighted by Crippen LogP contribution is 2.40. The van der Waals surface area contributed by atoms with Crippen LogP contribution in [0.3, 0.4) is 0 Å². The molecule has 5 heteroatoms. The highest BCUT2D eigenvalue weighted by Gasteiger charge is 2.35. The van der Waals surface area contributed by atoms with E-state index >= 15 is 0 Å². The van der Waals surface area contributed by atoms with Crippen molar-refractivity contribution >= 4 is 17.6 Å². The van der Waals surface area contributed by atoms with Crippen molar-refractivity contribution in [2.45, 2.75) is 18.8 Å². The van der Waals surface area contributed by atoms with E-state index in [1.165, 1.54) is 19.5 Å². The van der Waals surface area contributed by atoms with E-state index in [0.717, 1.165) is 35.7 Å². The molecule has 0 saturated carbocycles. The number of benzene rings is 1. The van der Waals surface area contributed by atoms with E-state index in [1.54, 1.807) is 10.8 Å². The van der Waals surface area contributed by atoms with Crippen LogP contribution < -0.4 is 5.73 Å².